The number of likely N-dealkylation sites (tertiary alicyclic amines) is 1. The summed E-state index contributed by atoms with van der Waals surface area (Å²) in [5.41, 5.74) is 2.64. The Kier molecular flexibility index (Phi) is 8.98. The van der Waals surface area contributed by atoms with Gasteiger partial charge in [0.05, 0.1) is 20.3 Å². The molecule has 1 fully saturated rings. The van der Waals surface area contributed by atoms with Gasteiger partial charge in [0, 0.05) is 31.0 Å². The number of Topliss-reactive ketones (excluding diaryl/α,β-unsaturated/α-hetero) is 1. The monoisotopic (exact) mass is 579 g/mol. The number of ketones is 1. The van der Waals surface area contributed by atoms with Gasteiger partial charge in [-0.2, -0.15) is 0 Å². The van der Waals surface area contributed by atoms with Gasteiger partial charge in [0.2, 0.25) is 0 Å². The molecular formula is C31H31Cl2N3O2S. The van der Waals surface area contributed by atoms with E-state index in [4.69, 9.17) is 23.2 Å². The highest BCUT2D eigenvalue weighted by atomic mass is 35.5. The van der Waals surface area contributed by atoms with Gasteiger partial charge in [-0.15, -0.1) is 11.3 Å². The van der Waals surface area contributed by atoms with Crippen molar-refractivity contribution in [3.8, 4) is 0 Å². The molecule has 2 heterocycles. The van der Waals surface area contributed by atoms with Gasteiger partial charge >= 0.3 is 0 Å². The molecule has 5 rings (SSSR count). The molecule has 0 bridgehead atoms. The summed E-state index contributed by atoms with van der Waals surface area (Å²) in [6.07, 6.45) is 2.53. The quantitative estimate of drug-likeness (QED) is 0.193. The van der Waals surface area contributed by atoms with Gasteiger partial charge in [0.25, 0.3) is 5.91 Å². The predicted molar refractivity (Wildman–Crippen MR) is 160 cm³/mol. The number of carbonyl (C=O) groups excluding carboxylic acids is 2. The first-order valence-electron chi connectivity index (χ1n) is 13.3. The number of amides is 1. The fourth-order valence-electron chi connectivity index (χ4n) is 5.25. The second kappa shape index (κ2) is 12.6. The van der Waals surface area contributed by atoms with Crippen molar-refractivity contribution in [1.29, 1.82) is 0 Å². The summed E-state index contributed by atoms with van der Waals surface area (Å²) in [5, 5.41) is 1.67. The summed E-state index contributed by atoms with van der Waals surface area (Å²) in [7, 11) is 1.85. The van der Waals surface area contributed by atoms with Crippen LogP contribution in [0.15, 0.2) is 72.8 Å². The Hall–Kier alpha value is -2.77. The van der Waals surface area contributed by atoms with Gasteiger partial charge in [0.1, 0.15) is 0 Å². The molecule has 0 saturated carbocycles. The summed E-state index contributed by atoms with van der Waals surface area (Å²) in [6, 6.07) is 23.0. The van der Waals surface area contributed by atoms with Gasteiger partial charge < -0.3 is 9.80 Å². The van der Waals surface area contributed by atoms with Crippen LogP contribution in [0, 0.1) is 5.92 Å². The highest BCUT2D eigenvalue weighted by Gasteiger charge is 2.28. The lowest BCUT2D eigenvalue weighted by Gasteiger charge is -2.33. The Morgan fingerprint density at radius 2 is 1.72 bits per heavy atom. The van der Waals surface area contributed by atoms with Crippen molar-refractivity contribution in [3.05, 3.63) is 99.0 Å². The van der Waals surface area contributed by atoms with E-state index in [2.05, 4.69) is 9.88 Å². The second-order valence-electron chi connectivity index (χ2n) is 10.2. The first-order chi connectivity index (χ1) is 18.9. The molecule has 0 N–H and O–H groups in total. The largest absolute Gasteiger partial charge is 0.341 e. The lowest BCUT2D eigenvalue weighted by molar-refractivity contribution is 0.0780. The van der Waals surface area contributed by atoms with E-state index in [9.17, 15) is 9.59 Å². The fraction of sp³-hybridized carbons (Fsp3) is 0.323. The molecule has 1 aliphatic rings. The summed E-state index contributed by atoms with van der Waals surface area (Å²) in [6.45, 7) is 3.18. The Morgan fingerprint density at radius 1 is 1.00 bits per heavy atom. The van der Waals surface area contributed by atoms with Crippen LogP contribution in [0.25, 0.3) is 10.2 Å². The van der Waals surface area contributed by atoms with E-state index < -0.39 is 0 Å². The smallest absolute Gasteiger partial charge is 0.253 e. The molecule has 0 radical (unpaired) electrons. The average molecular weight is 581 g/mol. The molecule has 3 aromatic carbocycles. The topological polar surface area (TPSA) is 53.5 Å². The van der Waals surface area contributed by atoms with Gasteiger partial charge in [-0.3, -0.25) is 9.59 Å². The maximum atomic E-state index is 13.2. The molecule has 5 nitrogen and oxygen atoms in total. The molecule has 202 valence electrons. The van der Waals surface area contributed by atoms with Crippen LogP contribution in [-0.2, 0) is 0 Å². The average Bonchev–Trinajstić information content (AvgIpc) is 3.41. The fourth-order valence-corrected chi connectivity index (χ4v) is 6.54. The van der Waals surface area contributed by atoms with Gasteiger partial charge in [-0.1, -0.05) is 59.6 Å². The maximum absolute atomic E-state index is 13.2. The van der Waals surface area contributed by atoms with Crippen molar-refractivity contribution in [2.24, 2.45) is 5.92 Å². The van der Waals surface area contributed by atoms with Crippen molar-refractivity contribution >= 4 is 56.4 Å². The third-order valence-electron chi connectivity index (χ3n) is 7.53. The van der Waals surface area contributed by atoms with Crippen LogP contribution in [0.2, 0.25) is 10.0 Å². The van der Waals surface area contributed by atoms with Crippen molar-refractivity contribution in [2.45, 2.75) is 25.2 Å². The summed E-state index contributed by atoms with van der Waals surface area (Å²) in [4.78, 5) is 35.0. The first-order valence-corrected chi connectivity index (χ1v) is 14.8. The van der Waals surface area contributed by atoms with E-state index in [0.29, 0.717) is 27.2 Å². The van der Waals surface area contributed by atoms with Crippen LogP contribution >= 0.6 is 34.5 Å². The Balaban J connectivity index is 1.21. The standard InChI is InChI=1S/C31H31Cl2N3O2S/c1-35(31(38)22-7-3-2-4-8-22)20-24(23-11-12-25(32)26(33)19-23)15-18-36-16-13-21(14-17-36)29(37)30-34-27-9-5-6-10-28(27)39-30/h2-12,19,21,24H,13-18,20H2,1H3. The minimum Gasteiger partial charge on any atom is -0.341 e. The third kappa shape index (κ3) is 6.69. The van der Waals surface area contributed by atoms with Crippen molar-refractivity contribution in [1.82, 2.24) is 14.8 Å². The highest BCUT2D eigenvalue weighted by molar-refractivity contribution is 7.20. The molecule has 1 amide bonds. The lowest BCUT2D eigenvalue weighted by atomic mass is 9.91. The van der Waals surface area contributed by atoms with Gasteiger partial charge in [0.15, 0.2) is 10.8 Å². The van der Waals surface area contributed by atoms with Crippen LogP contribution in [0.5, 0.6) is 0 Å². The number of aromatic nitrogens is 1. The predicted octanol–water partition coefficient (Wildman–Crippen LogP) is 7.44. The number of nitrogens with zero attached hydrogens (tertiary/aromatic N) is 3. The number of carbonyl (C=O) groups is 2. The molecule has 1 atom stereocenters. The molecule has 1 saturated heterocycles. The maximum Gasteiger partial charge on any atom is 0.253 e. The minimum absolute atomic E-state index is 0.00478. The van der Waals surface area contributed by atoms with Crippen LogP contribution in [0.3, 0.4) is 0 Å². The number of rotatable bonds is 9. The zero-order valence-electron chi connectivity index (χ0n) is 21.9. The Bertz CT molecular complexity index is 1420. The summed E-state index contributed by atoms with van der Waals surface area (Å²) < 4.78 is 1.06. The number of para-hydroxylation sites is 1. The zero-order chi connectivity index (χ0) is 27.4. The number of hydrogen-bond acceptors (Lipinski definition) is 5. The van der Waals surface area contributed by atoms with Crippen LogP contribution in [-0.4, -0.2) is 59.7 Å². The number of hydrogen-bond donors (Lipinski definition) is 0. The van der Waals surface area contributed by atoms with E-state index in [-0.39, 0.29) is 23.5 Å². The van der Waals surface area contributed by atoms with Gasteiger partial charge in [-0.25, -0.2) is 4.98 Å². The molecule has 8 heteroatoms. The van der Waals surface area contributed by atoms with Gasteiger partial charge in [-0.05, 0) is 80.9 Å². The van der Waals surface area contributed by atoms with Crippen LogP contribution in [0.4, 0.5) is 0 Å². The minimum atomic E-state index is -0.00478. The number of likely N-dealkylation sites (N-methyl/N-ethyl adjacent to an activating group) is 1. The van der Waals surface area contributed by atoms with Crippen LogP contribution in [0.1, 0.15) is 50.9 Å². The van der Waals surface area contributed by atoms with E-state index in [1.807, 2.05) is 79.8 Å². The normalized spacial score (nSPS) is 15.4. The molecule has 1 aliphatic heterocycles. The second-order valence-corrected chi connectivity index (χ2v) is 12.0. The molecule has 1 aromatic heterocycles. The molecule has 0 aliphatic carbocycles. The van der Waals surface area contributed by atoms with Crippen molar-refractivity contribution < 1.29 is 9.59 Å². The number of thiazole rings is 1. The molecule has 39 heavy (non-hydrogen) atoms. The van der Waals surface area contributed by atoms with E-state index in [1.165, 1.54) is 11.3 Å². The lowest BCUT2D eigenvalue weighted by Crippen LogP contribution is -2.38. The first kappa shape index (κ1) is 27.8. The third-order valence-corrected chi connectivity index (χ3v) is 9.32. The number of fused-ring (bicyclic) bond motifs is 1. The number of piperidine rings is 1. The highest BCUT2D eigenvalue weighted by Crippen LogP contribution is 2.31. The van der Waals surface area contributed by atoms with Crippen LogP contribution < -0.4 is 0 Å². The van der Waals surface area contributed by atoms with E-state index in [0.717, 1.165) is 54.7 Å². The molecule has 1 unspecified atom stereocenters. The zero-order valence-corrected chi connectivity index (χ0v) is 24.2. The van der Waals surface area contributed by atoms with E-state index in [1.54, 1.807) is 4.90 Å². The van der Waals surface area contributed by atoms with Crippen molar-refractivity contribution in [2.75, 3.05) is 33.2 Å². The molecule has 0 spiro atoms. The number of halogens is 2. The Labute approximate surface area is 243 Å². The molecule has 4 aromatic rings. The summed E-state index contributed by atoms with van der Waals surface area (Å²) in [5.74, 6) is 0.280. The molecular weight excluding hydrogens is 549 g/mol. The summed E-state index contributed by atoms with van der Waals surface area (Å²) >= 11 is 14.0. The SMILES string of the molecule is CN(CC(CCN1CCC(C(=O)c2nc3ccccc3s2)CC1)c1ccc(Cl)c(Cl)c1)C(=O)c1ccccc1. The van der Waals surface area contributed by atoms with E-state index >= 15 is 0 Å². The number of benzene rings is 3. The Morgan fingerprint density at radius 3 is 2.44 bits per heavy atom. The van der Waals surface area contributed by atoms with Crippen molar-refractivity contribution in [3.63, 3.8) is 0 Å².